The molecule has 0 radical (unpaired) electrons. The molecule has 10 heteroatoms. The summed E-state index contributed by atoms with van der Waals surface area (Å²) >= 11 is 1.64. The first-order chi connectivity index (χ1) is 18.4. The van der Waals surface area contributed by atoms with Gasteiger partial charge in [0.15, 0.2) is 18.1 Å². The molecule has 1 aliphatic rings. The van der Waals surface area contributed by atoms with Gasteiger partial charge in [0.05, 0.1) is 6.04 Å². The summed E-state index contributed by atoms with van der Waals surface area (Å²) in [7, 11) is 3.80. The number of aryl methyl sites for hydroxylation is 1. The fraction of sp³-hybridized carbons (Fsp3) is 0.321. The number of thiophene rings is 1. The first-order valence-corrected chi connectivity index (χ1v) is 13.2. The van der Waals surface area contributed by atoms with E-state index in [1.54, 1.807) is 16.2 Å². The number of fused-ring (bicyclic) bond motifs is 1. The van der Waals surface area contributed by atoms with Gasteiger partial charge in [-0.05, 0) is 67.7 Å². The van der Waals surface area contributed by atoms with Crippen molar-refractivity contribution in [3.8, 4) is 28.4 Å². The normalized spacial score (nSPS) is 13.1. The number of rotatable bonds is 10. The Balaban J connectivity index is 1.35. The van der Waals surface area contributed by atoms with E-state index in [0.29, 0.717) is 18.8 Å². The Morgan fingerprint density at radius 1 is 1.05 bits per heavy atom. The van der Waals surface area contributed by atoms with Crippen molar-refractivity contribution in [1.82, 2.24) is 20.1 Å². The summed E-state index contributed by atoms with van der Waals surface area (Å²) < 4.78 is 22.0. The van der Waals surface area contributed by atoms with E-state index >= 15 is 0 Å². The Kier molecular flexibility index (Phi) is 7.62. The molecule has 0 unspecified atom stereocenters. The van der Waals surface area contributed by atoms with Crippen molar-refractivity contribution in [2.45, 2.75) is 33.0 Å². The number of hydrogen-bond acceptors (Lipinski definition) is 9. The minimum Gasteiger partial charge on any atom is -0.483 e. The molecule has 9 nitrogen and oxygen atoms in total. The molecule has 0 saturated heterocycles. The Hall–Kier alpha value is -3.89. The molecule has 3 heterocycles. The standard InChI is InChI=1S/C28H30N4O5S/c1-18-23(30-37-29-18)15-31(3)14-22-12-20(21-8-10-25-26(13-21)36-17-35-25)7-9-24(22)34-16-28(33)32(4)19(2)27-6-5-11-38-27/h5-13,19H,14-17H2,1-4H3/t19-/m0/s1. The van der Waals surface area contributed by atoms with Crippen molar-refractivity contribution < 1.29 is 23.6 Å². The van der Waals surface area contributed by atoms with E-state index in [-0.39, 0.29) is 25.3 Å². The van der Waals surface area contributed by atoms with Crippen LogP contribution in [0.5, 0.6) is 17.2 Å². The predicted molar refractivity (Wildman–Crippen MR) is 143 cm³/mol. The highest BCUT2D eigenvalue weighted by Gasteiger charge is 2.20. The van der Waals surface area contributed by atoms with Gasteiger partial charge in [-0.25, -0.2) is 4.63 Å². The maximum atomic E-state index is 13.0. The Morgan fingerprint density at radius 3 is 2.61 bits per heavy atom. The minimum atomic E-state index is -0.0886. The number of ether oxygens (including phenoxy) is 3. The number of amides is 1. The van der Waals surface area contributed by atoms with Crippen molar-refractivity contribution in [3.63, 3.8) is 0 Å². The predicted octanol–water partition coefficient (Wildman–Crippen LogP) is 5.07. The molecule has 2 aromatic heterocycles. The molecule has 1 atom stereocenters. The number of nitrogens with zero attached hydrogens (tertiary/aromatic N) is 4. The molecule has 198 valence electrons. The van der Waals surface area contributed by atoms with Crippen LogP contribution in [0.15, 0.2) is 58.5 Å². The Labute approximate surface area is 225 Å². The molecule has 0 saturated carbocycles. The first-order valence-electron chi connectivity index (χ1n) is 12.3. The number of carbonyl (C=O) groups is 1. The molecular weight excluding hydrogens is 504 g/mol. The SMILES string of the molecule is Cc1nonc1CN(C)Cc1cc(-c2ccc3c(c2)OCO3)ccc1OCC(=O)N(C)[C@@H](C)c1cccs1. The van der Waals surface area contributed by atoms with Crippen LogP contribution >= 0.6 is 11.3 Å². The van der Waals surface area contributed by atoms with Gasteiger partial charge >= 0.3 is 0 Å². The van der Waals surface area contributed by atoms with Crippen molar-refractivity contribution in [2.75, 3.05) is 27.5 Å². The molecule has 0 fully saturated rings. The lowest BCUT2D eigenvalue weighted by Gasteiger charge is -2.25. The van der Waals surface area contributed by atoms with E-state index in [1.165, 1.54) is 0 Å². The molecule has 38 heavy (non-hydrogen) atoms. The molecule has 2 aromatic carbocycles. The van der Waals surface area contributed by atoms with Gasteiger partial charge < -0.3 is 19.1 Å². The summed E-state index contributed by atoms with van der Waals surface area (Å²) in [6.45, 7) is 5.18. The van der Waals surface area contributed by atoms with Crippen LogP contribution in [0, 0.1) is 6.92 Å². The highest BCUT2D eigenvalue weighted by molar-refractivity contribution is 7.10. The van der Waals surface area contributed by atoms with Gasteiger partial charge in [-0.1, -0.05) is 28.5 Å². The lowest BCUT2D eigenvalue weighted by atomic mass is 10.0. The Bertz CT molecular complexity index is 1400. The fourth-order valence-electron chi connectivity index (χ4n) is 4.27. The maximum absolute atomic E-state index is 13.0. The first kappa shape index (κ1) is 25.7. The largest absolute Gasteiger partial charge is 0.483 e. The highest BCUT2D eigenvalue weighted by Crippen LogP contribution is 2.37. The van der Waals surface area contributed by atoms with Crippen molar-refractivity contribution in [1.29, 1.82) is 0 Å². The number of hydrogen-bond donors (Lipinski definition) is 0. The van der Waals surface area contributed by atoms with Gasteiger partial charge in [0, 0.05) is 30.6 Å². The second kappa shape index (κ2) is 11.2. The third kappa shape index (κ3) is 5.66. The maximum Gasteiger partial charge on any atom is 0.260 e. The molecule has 4 aromatic rings. The average molecular weight is 535 g/mol. The van der Waals surface area contributed by atoms with E-state index < -0.39 is 0 Å². The summed E-state index contributed by atoms with van der Waals surface area (Å²) in [6, 6.07) is 15.9. The molecule has 1 aliphatic heterocycles. The molecular formula is C28H30N4O5S. The fourth-order valence-corrected chi connectivity index (χ4v) is 5.10. The van der Waals surface area contributed by atoms with Crippen LogP contribution in [0.4, 0.5) is 0 Å². The molecule has 1 amide bonds. The van der Waals surface area contributed by atoms with Crippen molar-refractivity contribution in [3.05, 3.63) is 75.7 Å². The lowest BCUT2D eigenvalue weighted by Crippen LogP contribution is -2.33. The smallest absolute Gasteiger partial charge is 0.260 e. The topological polar surface area (TPSA) is 90.2 Å². The van der Waals surface area contributed by atoms with Crippen molar-refractivity contribution in [2.24, 2.45) is 0 Å². The number of benzene rings is 2. The summed E-state index contributed by atoms with van der Waals surface area (Å²) in [5.41, 5.74) is 4.49. The van der Waals surface area contributed by atoms with Crippen LogP contribution in [0.1, 0.15) is 34.8 Å². The number of likely N-dealkylation sites (N-methyl/N-ethyl adjacent to an activating group) is 1. The van der Waals surface area contributed by atoms with Gasteiger partial charge in [0.2, 0.25) is 6.79 Å². The average Bonchev–Trinajstić information content (AvgIpc) is 3.69. The van der Waals surface area contributed by atoms with Crippen LogP contribution in [-0.2, 0) is 17.9 Å². The van der Waals surface area contributed by atoms with Crippen LogP contribution in [0.3, 0.4) is 0 Å². The van der Waals surface area contributed by atoms with E-state index in [2.05, 4.69) is 21.3 Å². The lowest BCUT2D eigenvalue weighted by molar-refractivity contribution is -0.133. The van der Waals surface area contributed by atoms with E-state index in [9.17, 15) is 4.79 Å². The van der Waals surface area contributed by atoms with Crippen molar-refractivity contribution >= 4 is 17.2 Å². The highest BCUT2D eigenvalue weighted by atomic mass is 32.1. The zero-order valence-corrected chi connectivity index (χ0v) is 22.7. The second-order valence-corrected chi connectivity index (χ2v) is 10.3. The third-order valence-corrected chi connectivity index (χ3v) is 7.70. The van der Waals surface area contributed by atoms with Gasteiger partial charge in [0.1, 0.15) is 17.1 Å². The molecule has 0 bridgehead atoms. The molecule has 0 aliphatic carbocycles. The second-order valence-electron chi connectivity index (χ2n) is 9.34. The molecule has 5 rings (SSSR count). The molecule has 0 spiro atoms. The summed E-state index contributed by atoms with van der Waals surface area (Å²) in [5, 5.41) is 9.89. The summed E-state index contributed by atoms with van der Waals surface area (Å²) in [6.07, 6.45) is 0. The van der Waals surface area contributed by atoms with Crippen LogP contribution in [-0.4, -0.2) is 53.5 Å². The zero-order chi connectivity index (χ0) is 26.6. The van der Waals surface area contributed by atoms with Crippen LogP contribution in [0.25, 0.3) is 11.1 Å². The summed E-state index contributed by atoms with van der Waals surface area (Å²) in [5.74, 6) is 2.03. The monoisotopic (exact) mass is 534 g/mol. The number of aromatic nitrogens is 2. The van der Waals surface area contributed by atoms with Gasteiger partial charge in [-0.15, -0.1) is 11.3 Å². The van der Waals surface area contributed by atoms with Gasteiger partial charge in [0.25, 0.3) is 5.91 Å². The van der Waals surface area contributed by atoms with E-state index in [4.69, 9.17) is 18.8 Å². The Morgan fingerprint density at radius 2 is 1.84 bits per heavy atom. The van der Waals surface area contributed by atoms with E-state index in [0.717, 1.165) is 44.5 Å². The quantitative estimate of drug-likeness (QED) is 0.279. The zero-order valence-electron chi connectivity index (χ0n) is 21.8. The minimum absolute atomic E-state index is 0.0237. The van der Waals surface area contributed by atoms with Gasteiger partial charge in [-0.3, -0.25) is 9.69 Å². The third-order valence-electron chi connectivity index (χ3n) is 6.65. The van der Waals surface area contributed by atoms with E-state index in [1.807, 2.05) is 75.8 Å². The summed E-state index contributed by atoms with van der Waals surface area (Å²) in [4.78, 5) is 17.9. The number of carbonyl (C=O) groups excluding carboxylic acids is 1. The van der Waals surface area contributed by atoms with Crippen LogP contribution in [0.2, 0.25) is 0 Å². The van der Waals surface area contributed by atoms with Crippen LogP contribution < -0.4 is 14.2 Å². The molecule has 0 N–H and O–H groups in total. The van der Waals surface area contributed by atoms with Gasteiger partial charge in [-0.2, -0.15) is 0 Å².